The number of hydrogen-bond acceptors (Lipinski definition) is 2. The van der Waals surface area contributed by atoms with Crippen LogP contribution in [0.1, 0.15) is 17.3 Å². The number of hydrogen-bond donors (Lipinski definition) is 1. The van der Waals surface area contributed by atoms with Crippen molar-refractivity contribution in [1.82, 2.24) is 0 Å². The van der Waals surface area contributed by atoms with E-state index in [-0.39, 0.29) is 11.4 Å². The Labute approximate surface area is 127 Å². The van der Waals surface area contributed by atoms with Crippen molar-refractivity contribution in [2.45, 2.75) is 6.92 Å². The lowest BCUT2D eigenvalue weighted by atomic mass is 10.0. The Kier molecular flexibility index (Phi) is 4.55. The van der Waals surface area contributed by atoms with Gasteiger partial charge in [-0.05, 0) is 24.6 Å². The molecule has 0 saturated heterocycles. The number of ketones is 1. The van der Waals surface area contributed by atoms with Crippen LogP contribution in [-0.2, 0) is 4.79 Å². The fourth-order valence-electron chi connectivity index (χ4n) is 1.85. The average Bonchev–Trinajstić information content (AvgIpc) is 2.47. The van der Waals surface area contributed by atoms with Crippen molar-refractivity contribution >= 4 is 23.4 Å². The molecule has 0 fully saturated rings. The summed E-state index contributed by atoms with van der Waals surface area (Å²) in [6, 6.07) is 14.3. The Balaban J connectivity index is 2.28. The molecule has 2 rings (SSSR count). The van der Waals surface area contributed by atoms with Crippen LogP contribution in [0.5, 0.6) is 0 Å². The summed E-state index contributed by atoms with van der Waals surface area (Å²) in [5.74, 6) is -1.43. The Morgan fingerprint density at radius 3 is 2.24 bits per heavy atom. The zero-order valence-corrected chi connectivity index (χ0v) is 12.1. The predicted octanol–water partition coefficient (Wildman–Crippen LogP) is 4.22. The molecule has 2 aromatic carbocycles. The molecule has 0 radical (unpaired) electrons. The number of carbonyl (C=O) groups is 2. The van der Waals surface area contributed by atoms with E-state index in [0.717, 1.165) is 17.2 Å². The van der Waals surface area contributed by atoms with Crippen molar-refractivity contribution in [1.29, 1.82) is 0 Å². The highest BCUT2D eigenvalue weighted by Gasteiger charge is 2.08. The number of carbonyl (C=O) groups excluding carboxylic acids is 1. The van der Waals surface area contributed by atoms with E-state index in [4.69, 9.17) is 16.7 Å². The fraction of sp³-hybridized carbons (Fsp3) is 0.0588. The molecule has 106 valence electrons. The molecule has 21 heavy (non-hydrogen) atoms. The Morgan fingerprint density at radius 1 is 1.05 bits per heavy atom. The summed E-state index contributed by atoms with van der Waals surface area (Å²) in [5.41, 5.74) is 2.23. The summed E-state index contributed by atoms with van der Waals surface area (Å²) < 4.78 is 0. The molecule has 0 aliphatic heterocycles. The van der Waals surface area contributed by atoms with Gasteiger partial charge in [0.25, 0.3) is 0 Å². The normalized spacial score (nSPS) is 11.2. The van der Waals surface area contributed by atoms with Crippen molar-refractivity contribution in [3.63, 3.8) is 0 Å². The molecule has 0 aliphatic carbocycles. The topological polar surface area (TPSA) is 54.4 Å². The van der Waals surface area contributed by atoms with E-state index in [1.165, 1.54) is 6.92 Å². The Hall–Kier alpha value is -2.39. The van der Waals surface area contributed by atoms with Gasteiger partial charge in [-0.1, -0.05) is 54.1 Å². The van der Waals surface area contributed by atoms with Gasteiger partial charge in [-0.15, -0.1) is 0 Å². The Morgan fingerprint density at radius 2 is 1.67 bits per heavy atom. The molecule has 0 spiro atoms. The first kappa shape index (κ1) is 15.0. The lowest BCUT2D eigenvalue weighted by Gasteiger charge is -2.05. The van der Waals surface area contributed by atoms with Gasteiger partial charge in [0.15, 0.2) is 5.78 Å². The third-order valence-electron chi connectivity index (χ3n) is 3.04. The highest BCUT2D eigenvalue weighted by Crippen LogP contribution is 2.27. The van der Waals surface area contributed by atoms with Crippen LogP contribution in [0.2, 0.25) is 5.02 Å². The first-order valence-corrected chi connectivity index (χ1v) is 6.67. The molecule has 0 aliphatic rings. The number of aliphatic carboxylic acids is 1. The summed E-state index contributed by atoms with van der Waals surface area (Å²) in [6.45, 7) is 1.39. The maximum atomic E-state index is 11.9. The van der Waals surface area contributed by atoms with E-state index < -0.39 is 5.97 Å². The van der Waals surface area contributed by atoms with Gasteiger partial charge >= 0.3 is 5.97 Å². The second-order valence-corrected chi connectivity index (χ2v) is 4.96. The van der Waals surface area contributed by atoms with Gasteiger partial charge < -0.3 is 5.11 Å². The monoisotopic (exact) mass is 300 g/mol. The van der Waals surface area contributed by atoms with Crippen LogP contribution >= 0.6 is 11.6 Å². The van der Waals surface area contributed by atoms with Crippen molar-refractivity contribution < 1.29 is 14.7 Å². The molecule has 0 saturated carbocycles. The molecular weight excluding hydrogens is 288 g/mol. The predicted molar refractivity (Wildman–Crippen MR) is 82.6 cm³/mol. The van der Waals surface area contributed by atoms with Crippen molar-refractivity contribution in [2.75, 3.05) is 0 Å². The number of allylic oxidation sites excluding steroid dienone is 1. The first-order valence-electron chi connectivity index (χ1n) is 6.30. The van der Waals surface area contributed by atoms with E-state index in [1.807, 2.05) is 18.2 Å². The summed E-state index contributed by atoms with van der Waals surface area (Å²) in [4.78, 5) is 22.6. The van der Waals surface area contributed by atoms with Crippen LogP contribution in [0.3, 0.4) is 0 Å². The molecule has 0 aromatic heterocycles. The Bertz CT molecular complexity index is 715. The lowest BCUT2D eigenvalue weighted by Crippen LogP contribution is -2.01. The molecule has 2 aromatic rings. The van der Waals surface area contributed by atoms with E-state index in [2.05, 4.69) is 0 Å². The van der Waals surface area contributed by atoms with E-state index in [9.17, 15) is 9.59 Å². The third-order valence-corrected chi connectivity index (χ3v) is 3.37. The van der Waals surface area contributed by atoms with Crippen LogP contribution in [0.4, 0.5) is 0 Å². The van der Waals surface area contributed by atoms with Gasteiger partial charge in [0.1, 0.15) is 0 Å². The zero-order chi connectivity index (χ0) is 15.4. The van der Waals surface area contributed by atoms with Crippen LogP contribution in [-0.4, -0.2) is 16.9 Å². The SMILES string of the molecule is C/C(=C\C(=O)c1ccc(-c2ccccc2Cl)cc1)C(=O)O. The maximum absolute atomic E-state index is 11.9. The summed E-state index contributed by atoms with van der Waals surface area (Å²) >= 11 is 6.12. The second-order valence-electron chi connectivity index (χ2n) is 4.55. The van der Waals surface area contributed by atoms with E-state index >= 15 is 0 Å². The molecule has 0 unspecified atom stereocenters. The quantitative estimate of drug-likeness (QED) is 0.679. The average molecular weight is 301 g/mol. The molecule has 0 amide bonds. The molecule has 4 heteroatoms. The summed E-state index contributed by atoms with van der Waals surface area (Å²) in [7, 11) is 0. The van der Waals surface area contributed by atoms with E-state index in [0.29, 0.717) is 10.6 Å². The number of rotatable bonds is 4. The molecule has 0 heterocycles. The number of carboxylic acid groups (broad SMARTS) is 1. The molecular formula is C17H13ClO3. The summed E-state index contributed by atoms with van der Waals surface area (Å²) in [6.07, 6.45) is 1.12. The standard InChI is InChI=1S/C17H13ClO3/c1-11(17(20)21)10-16(19)13-8-6-12(7-9-13)14-4-2-3-5-15(14)18/h2-10H,1H3,(H,20,21)/b11-10+. The molecule has 3 nitrogen and oxygen atoms in total. The second kappa shape index (κ2) is 6.37. The van der Waals surface area contributed by atoms with Gasteiger partial charge in [-0.2, -0.15) is 0 Å². The minimum Gasteiger partial charge on any atom is -0.478 e. The van der Waals surface area contributed by atoms with Crippen molar-refractivity contribution in [3.05, 3.63) is 70.8 Å². The third kappa shape index (κ3) is 3.58. The van der Waals surface area contributed by atoms with Gasteiger partial charge in [0, 0.05) is 21.7 Å². The van der Waals surface area contributed by atoms with Gasteiger partial charge in [-0.25, -0.2) is 4.79 Å². The molecule has 0 bridgehead atoms. The minimum absolute atomic E-state index is 0.00943. The number of halogens is 1. The van der Waals surface area contributed by atoms with Gasteiger partial charge in [0.05, 0.1) is 0 Å². The van der Waals surface area contributed by atoms with Gasteiger partial charge in [0.2, 0.25) is 0 Å². The lowest BCUT2D eigenvalue weighted by molar-refractivity contribution is -0.132. The highest BCUT2D eigenvalue weighted by atomic mass is 35.5. The smallest absolute Gasteiger partial charge is 0.331 e. The minimum atomic E-state index is -1.10. The van der Waals surface area contributed by atoms with Gasteiger partial charge in [-0.3, -0.25) is 4.79 Å². The van der Waals surface area contributed by atoms with Crippen LogP contribution in [0.25, 0.3) is 11.1 Å². The van der Waals surface area contributed by atoms with Crippen LogP contribution in [0, 0.1) is 0 Å². The largest absolute Gasteiger partial charge is 0.478 e. The van der Waals surface area contributed by atoms with E-state index in [1.54, 1.807) is 30.3 Å². The van der Waals surface area contributed by atoms with Crippen molar-refractivity contribution in [2.24, 2.45) is 0 Å². The zero-order valence-electron chi connectivity index (χ0n) is 11.3. The summed E-state index contributed by atoms with van der Waals surface area (Å²) in [5, 5.41) is 9.40. The van der Waals surface area contributed by atoms with Crippen LogP contribution < -0.4 is 0 Å². The number of carboxylic acids is 1. The van der Waals surface area contributed by atoms with Crippen molar-refractivity contribution in [3.8, 4) is 11.1 Å². The molecule has 1 N–H and O–H groups in total. The first-order chi connectivity index (χ1) is 9.99. The fourth-order valence-corrected chi connectivity index (χ4v) is 2.10. The number of benzene rings is 2. The molecule has 0 atom stereocenters. The van der Waals surface area contributed by atoms with Crippen LogP contribution in [0.15, 0.2) is 60.2 Å². The maximum Gasteiger partial charge on any atom is 0.331 e. The highest BCUT2D eigenvalue weighted by molar-refractivity contribution is 6.33.